The summed E-state index contributed by atoms with van der Waals surface area (Å²) in [4.78, 5) is 4.00. The SMILES string of the molecule is CCOCCOCCOc1ccc(N)cn1. The molecule has 0 spiro atoms. The molecule has 0 bridgehead atoms. The summed E-state index contributed by atoms with van der Waals surface area (Å²) in [6, 6.07) is 3.48. The molecule has 0 radical (unpaired) electrons. The Bertz CT molecular complexity index is 277. The van der Waals surface area contributed by atoms with E-state index in [1.54, 1.807) is 18.3 Å². The van der Waals surface area contributed by atoms with Gasteiger partial charge in [0.25, 0.3) is 0 Å². The van der Waals surface area contributed by atoms with E-state index >= 15 is 0 Å². The molecule has 90 valence electrons. The van der Waals surface area contributed by atoms with Crippen molar-refractivity contribution in [1.29, 1.82) is 0 Å². The number of hydrogen-bond acceptors (Lipinski definition) is 5. The summed E-state index contributed by atoms with van der Waals surface area (Å²) in [5.74, 6) is 0.558. The largest absolute Gasteiger partial charge is 0.475 e. The summed E-state index contributed by atoms with van der Waals surface area (Å²) in [5, 5.41) is 0. The molecule has 2 N–H and O–H groups in total. The van der Waals surface area contributed by atoms with E-state index in [2.05, 4.69) is 4.98 Å². The van der Waals surface area contributed by atoms with Gasteiger partial charge >= 0.3 is 0 Å². The lowest BCUT2D eigenvalue weighted by molar-refractivity contribution is 0.0399. The maximum Gasteiger partial charge on any atom is 0.213 e. The average molecular weight is 226 g/mol. The Balaban J connectivity index is 2.01. The third-order valence-electron chi connectivity index (χ3n) is 1.81. The maximum atomic E-state index is 5.49. The summed E-state index contributed by atoms with van der Waals surface area (Å²) in [6.45, 7) is 4.89. The molecule has 0 aromatic carbocycles. The summed E-state index contributed by atoms with van der Waals surface area (Å²) < 4.78 is 15.7. The second-order valence-corrected chi connectivity index (χ2v) is 3.09. The van der Waals surface area contributed by atoms with E-state index in [1.165, 1.54) is 0 Å². The van der Waals surface area contributed by atoms with Gasteiger partial charge in [-0.15, -0.1) is 0 Å². The van der Waals surface area contributed by atoms with Crippen LogP contribution in [0.15, 0.2) is 18.3 Å². The average Bonchev–Trinajstić information content (AvgIpc) is 2.30. The first-order valence-corrected chi connectivity index (χ1v) is 5.32. The highest BCUT2D eigenvalue weighted by Crippen LogP contribution is 2.07. The monoisotopic (exact) mass is 226 g/mol. The third kappa shape index (κ3) is 5.53. The number of aromatic nitrogens is 1. The second kappa shape index (κ2) is 7.90. The van der Waals surface area contributed by atoms with E-state index < -0.39 is 0 Å². The Hall–Kier alpha value is -1.33. The van der Waals surface area contributed by atoms with Gasteiger partial charge in [0.05, 0.1) is 31.7 Å². The molecule has 1 heterocycles. The summed E-state index contributed by atoms with van der Waals surface area (Å²) in [5.41, 5.74) is 6.12. The van der Waals surface area contributed by atoms with Gasteiger partial charge in [-0.05, 0) is 13.0 Å². The molecule has 1 rings (SSSR count). The molecule has 0 saturated carbocycles. The fraction of sp³-hybridized carbons (Fsp3) is 0.545. The highest BCUT2D eigenvalue weighted by molar-refractivity contribution is 5.35. The first-order chi connectivity index (χ1) is 7.83. The van der Waals surface area contributed by atoms with Gasteiger partial charge < -0.3 is 19.9 Å². The topological polar surface area (TPSA) is 66.6 Å². The maximum absolute atomic E-state index is 5.49. The van der Waals surface area contributed by atoms with Crippen LogP contribution in [-0.2, 0) is 9.47 Å². The lowest BCUT2D eigenvalue weighted by Crippen LogP contribution is -2.11. The summed E-state index contributed by atoms with van der Waals surface area (Å²) >= 11 is 0. The van der Waals surface area contributed by atoms with Gasteiger partial charge in [-0.1, -0.05) is 0 Å². The molecule has 16 heavy (non-hydrogen) atoms. The first-order valence-electron chi connectivity index (χ1n) is 5.32. The Labute approximate surface area is 95.5 Å². The van der Waals surface area contributed by atoms with E-state index in [0.717, 1.165) is 6.61 Å². The van der Waals surface area contributed by atoms with Crippen LogP contribution in [0.5, 0.6) is 5.88 Å². The fourth-order valence-corrected chi connectivity index (χ4v) is 1.05. The molecule has 0 unspecified atom stereocenters. The van der Waals surface area contributed by atoms with Crippen molar-refractivity contribution in [2.24, 2.45) is 0 Å². The third-order valence-corrected chi connectivity index (χ3v) is 1.81. The number of nitrogens with zero attached hydrogens (tertiary/aromatic N) is 1. The minimum Gasteiger partial charge on any atom is -0.475 e. The molecular weight excluding hydrogens is 208 g/mol. The molecule has 0 aliphatic heterocycles. The van der Waals surface area contributed by atoms with Crippen molar-refractivity contribution in [2.45, 2.75) is 6.92 Å². The van der Waals surface area contributed by atoms with Gasteiger partial charge in [-0.3, -0.25) is 0 Å². The van der Waals surface area contributed by atoms with Crippen molar-refractivity contribution in [3.05, 3.63) is 18.3 Å². The minimum atomic E-state index is 0.475. The number of pyridine rings is 1. The zero-order valence-electron chi connectivity index (χ0n) is 9.52. The molecule has 1 aromatic rings. The number of hydrogen-bond donors (Lipinski definition) is 1. The zero-order valence-corrected chi connectivity index (χ0v) is 9.52. The van der Waals surface area contributed by atoms with Crippen LogP contribution < -0.4 is 10.5 Å². The second-order valence-electron chi connectivity index (χ2n) is 3.09. The first kappa shape index (κ1) is 12.7. The molecule has 0 aliphatic carbocycles. The number of nitrogen functional groups attached to an aromatic ring is 1. The molecule has 0 amide bonds. The van der Waals surface area contributed by atoms with Gasteiger partial charge in [-0.2, -0.15) is 0 Å². The normalized spacial score (nSPS) is 10.3. The van der Waals surface area contributed by atoms with Gasteiger partial charge in [0.15, 0.2) is 0 Å². The van der Waals surface area contributed by atoms with Crippen LogP contribution in [0.4, 0.5) is 5.69 Å². The Morgan fingerprint density at radius 1 is 1.12 bits per heavy atom. The highest BCUT2D eigenvalue weighted by atomic mass is 16.5. The van der Waals surface area contributed by atoms with E-state index in [4.69, 9.17) is 19.9 Å². The zero-order chi connectivity index (χ0) is 11.6. The van der Waals surface area contributed by atoms with Crippen molar-refractivity contribution in [3.8, 4) is 5.88 Å². The number of rotatable bonds is 8. The van der Waals surface area contributed by atoms with E-state index in [1.807, 2.05) is 6.92 Å². The van der Waals surface area contributed by atoms with Gasteiger partial charge in [-0.25, -0.2) is 4.98 Å². The van der Waals surface area contributed by atoms with Gasteiger partial charge in [0, 0.05) is 12.7 Å². The van der Waals surface area contributed by atoms with Crippen LogP contribution in [0.25, 0.3) is 0 Å². The van der Waals surface area contributed by atoms with Crippen molar-refractivity contribution >= 4 is 5.69 Å². The van der Waals surface area contributed by atoms with Gasteiger partial charge in [0.1, 0.15) is 6.61 Å². The summed E-state index contributed by atoms with van der Waals surface area (Å²) in [6.07, 6.45) is 1.56. The van der Waals surface area contributed by atoms with Crippen molar-refractivity contribution in [1.82, 2.24) is 4.98 Å². The molecular formula is C11H18N2O3. The molecule has 0 saturated heterocycles. The van der Waals surface area contributed by atoms with Crippen LogP contribution in [0.3, 0.4) is 0 Å². The predicted octanol–water partition coefficient (Wildman–Crippen LogP) is 1.10. The Kier molecular flexibility index (Phi) is 6.29. The molecule has 0 fully saturated rings. The van der Waals surface area contributed by atoms with Crippen LogP contribution in [0.2, 0.25) is 0 Å². The Morgan fingerprint density at radius 2 is 1.88 bits per heavy atom. The van der Waals surface area contributed by atoms with E-state index in [0.29, 0.717) is 38.0 Å². The fourth-order valence-electron chi connectivity index (χ4n) is 1.05. The molecule has 0 aliphatic rings. The van der Waals surface area contributed by atoms with Crippen LogP contribution in [0, 0.1) is 0 Å². The van der Waals surface area contributed by atoms with Crippen molar-refractivity contribution in [3.63, 3.8) is 0 Å². The number of ether oxygens (including phenoxy) is 3. The van der Waals surface area contributed by atoms with E-state index in [9.17, 15) is 0 Å². The highest BCUT2D eigenvalue weighted by Gasteiger charge is 1.94. The van der Waals surface area contributed by atoms with Crippen LogP contribution in [0.1, 0.15) is 6.92 Å². The quantitative estimate of drug-likeness (QED) is 0.672. The van der Waals surface area contributed by atoms with Crippen LogP contribution in [-0.4, -0.2) is 38.0 Å². The lowest BCUT2D eigenvalue weighted by atomic mass is 10.4. The smallest absolute Gasteiger partial charge is 0.213 e. The Morgan fingerprint density at radius 3 is 2.56 bits per heavy atom. The minimum absolute atomic E-state index is 0.475. The van der Waals surface area contributed by atoms with Crippen molar-refractivity contribution in [2.75, 3.05) is 38.8 Å². The molecule has 5 heteroatoms. The predicted molar refractivity (Wildman–Crippen MR) is 61.5 cm³/mol. The van der Waals surface area contributed by atoms with Gasteiger partial charge in [0.2, 0.25) is 5.88 Å². The molecule has 5 nitrogen and oxygen atoms in total. The molecule has 0 atom stereocenters. The lowest BCUT2D eigenvalue weighted by Gasteiger charge is -2.06. The number of anilines is 1. The number of nitrogens with two attached hydrogens (primary N) is 1. The van der Waals surface area contributed by atoms with Crippen LogP contribution >= 0.6 is 0 Å². The standard InChI is InChI=1S/C11H18N2O3/c1-2-14-5-6-15-7-8-16-11-4-3-10(12)9-13-11/h3-4,9H,2,5-8,12H2,1H3. The molecule has 1 aromatic heterocycles. The summed E-state index contributed by atoms with van der Waals surface area (Å²) in [7, 11) is 0. The van der Waals surface area contributed by atoms with E-state index in [-0.39, 0.29) is 0 Å². The van der Waals surface area contributed by atoms with Crippen molar-refractivity contribution < 1.29 is 14.2 Å².